The Morgan fingerprint density at radius 3 is 2.95 bits per heavy atom. The first kappa shape index (κ1) is 14.5. The number of anilines is 1. The van der Waals surface area contributed by atoms with Gasteiger partial charge in [0.25, 0.3) is 0 Å². The van der Waals surface area contributed by atoms with Crippen LogP contribution in [-0.2, 0) is 4.79 Å². The lowest BCUT2D eigenvalue weighted by Gasteiger charge is -2.34. The fourth-order valence-electron chi connectivity index (χ4n) is 2.39. The van der Waals surface area contributed by atoms with E-state index in [1.165, 1.54) is 19.3 Å². The molecule has 1 aliphatic carbocycles. The van der Waals surface area contributed by atoms with E-state index >= 15 is 0 Å². The SMILES string of the molecule is CN(CCCC(=O)Nc1cccc(C#N)c1)C1CCC1. The van der Waals surface area contributed by atoms with Crippen molar-refractivity contribution in [2.45, 2.75) is 38.1 Å². The van der Waals surface area contributed by atoms with E-state index in [0.717, 1.165) is 19.0 Å². The summed E-state index contributed by atoms with van der Waals surface area (Å²) in [5.41, 5.74) is 1.26. The number of benzene rings is 1. The topological polar surface area (TPSA) is 56.1 Å². The zero-order valence-corrected chi connectivity index (χ0v) is 11.9. The Kier molecular flexibility index (Phi) is 5.14. The first-order valence-electron chi connectivity index (χ1n) is 7.19. The largest absolute Gasteiger partial charge is 0.326 e. The maximum Gasteiger partial charge on any atom is 0.224 e. The Balaban J connectivity index is 1.70. The zero-order valence-electron chi connectivity index (χ0n) is 11.9. The second-order valence-corrected chi connectivity index (χ2v) is 5.41. The summed E-state index contributed by atoms with van der Waals surface area (Å²) >= 11 is 0. The third-order valence-electron chi connectivity index (χ3n) is 3.89. The van der Waals surface area contributed by atoms with Crippen LogP contribution in [0.5, 0.6) is 0 Å². The number of hydrogen-bond acceptors (Lipinski definition) is 3. The maximum absolute atomic E-state index is 11.8. The minimum absolute atomic E-state index is 0.0158. The van der Waals surface area contributed by atoms with E-state index in [4.69, 9.17) is 5.26 Å². The molecule has 0 aromatic heterocycles. The average molecular weight is 271 g/mol. The highest BCUT2D eigenvalue weighted by molar-refractivity contribution is 5.90. The molecular weight excluding hydrogens is 250 g/mol. The van der Waals surface area contributed by atoms with Crippen molar-refractivity contribution in [2.75, 3.05) is 18.9 Å². The highest BCUT2D eigenvalue weighted by atomic mass is 16.1. The fourth-order valence-corrected chi connectivity index (χ4v) is 2.39. The molecule has 0 atom stereocenters. The Bertz CT molecular complexity index is 503. The third-order valence-corrected chi connectivity index (χ3v) is 3.89. The molecule has 1 fully saturated rings. The molecule has 1 saturated carbocycles. The summed E-state index contributed by atoms with van der Waals surface area (Å²) in [5.74, 6) is 0.0158. The molecule has 1 aliphatic rings. The molecule has 1 N–H and O–H groups in total. The zero-order chi connectivity index (χ0) is 14.4. The molecule has 106 valence electrons. The van der Waals surface area contributed by atoms with Gasteiger partial charge in [0.1, 0.15) is 0 Å². The van der Waals surface area contributed by atoms with Gasteiger partial charge in [-0.2, -0.15) is 5.26 Å². The number of amides is 1. The van der Waals surface area contributed by atoms with Gasteiger partial charge in [-0.25, -0.2) is 0 Å². The van der Waals surface area contributed by atoms with Crippen LogP contribution in [0.3, 0.4) is 0 Å². The van der Waals surface area contributed by atoms with Crippen LogP contribution < -0.4 is 5.32 Å². The molecule has 1 aromatic carbocycles. The van der Waals surface area contributed by atoms with Crippen LogP contribution in [0.4, 0.5) is 5.69 Å². The summed E-state index contributed by atoms with van der Waals surface area (Å²) in [6.07, 6.45) is 5.32. The van der Waals surface area contributed by atoms with E-state index in [1.807, 2.05) is 0 Å². The Morgan fingerprint density at radius 1 is 1.50 bits per heavy atom. The maximum atomic E-state index is 11.8. The van der Waals surface area contributed by atoms with Crippen LogP contribution in [0.2, 0.25) is 0 Å². The van der Waals surface area contributed by atoms with Gasteiger partial charge in [-0.15, -0.1) is 0 Å². The number of carbonyl (C=O) groups is 1. The fraction of sp³-hybridized carbons (Fsp3) is 0.500. The molecular formula is C16H21N3O. The molecule has 0 heterocycles. The highest BCUT2D eigenvalue weighted by Gasteiger charge is 2.21. The Morgan fingerprint density at radius 2 is 2.30 bits per heavy atom. The summed E-state index contributed by atoms with van der Waals surface area (Å²) in [6, 6.07) is 9.79. The molecule has 0 saturated heterocycles. The van der Waals surface area contributed by atoms with Gasteiger partial charge < -0.3 is 10.2 Å². The second-order valence-electron chi connectivity index (χ2n) is 5.41. The van der Waals surface area contributed by atoms with Gasteiger partial charge in [0.15, 0.2) is 0 Å². The Labute approximate surface area is 120 Å². The molecule has 20 heavy (non-hydrogen) atoms. The smallest absolute Gasteiger partial charge is 0.224 e. The van der Waals surface area contributed by atoms with E-state index in [1.54, 1.807) is 24.3 Å². The van der Waals surface area contributed by atoms with Gasteiger partial charge in [0, 0.05) is 18.2 Å². The number of nitrogens with zero attached hydrogens (tertiary/aromatic N) is 2. The minimum Gasteiger partial charge on any atom is -0.326 e. The van der Waals surface area contributed by atoms with Crippen molar-refractivity contribution in [3.63, 3.8) is 0 Å². The number of nitrogens with one attached hydrogen (secondary N) is 1. The molecule has 0 radical (unpaired) electrons. The lowest BCUT2D eigenvalue weighted by Crippen LogP contribution is -2.37. The summed E-state index contributed by atoms with van der Waals surface area (Å²) in [4.78, 5) is 14.2. The summed E-state index contributed by atoms with van der Waals surface area (Å²) in [5, 5.41) is 11.7. The van der Waals surface area contributed by atoms with Crippen molar-refractivity contribution in [3.8, 4) is 6.07 Å². The number of carbonyl (C=O) groups excluding carboxylic acids is 1. The van der Waals surface area contributed by atoms with Crippen molar-refractivity contribution in [1.82, 2.24) is 4.90 Å². The van der Waals surface area contributed by atoms with Crippen molar-refractivity contribution >= 4 is 11.6 Å². The van der Waals surface area contributed by atoms with E-state index in [-0.39, 0.29) is 5.91 Å². The molecule has 1 aromatic rings. The van der Waals surface area contributed by atoms with Gasteiger partial charge in [-0.05, 0) is 51.1 Å². The summed E-state index contributed by atoms with van der Waals surface area (Å²) in [6.45, 7) is 0.969. The molecule has 0 unspecified atom stereocenters. The standard InChI is InChI=1S/C16H21N3O/c1-19(15-7-3-8-15)10-4-9-16(20)18-14-6-2-5-13(11-14)12-17/h2,5-6,11,15H,3-4,7-10H2,1H3,(H,18,20). The molecule has 4 nitrogen and oxygen atoms in total. The molecule has 0 aliphatic heterocycles. The quantitative estimate of drug-likeness (QED) is 0.865. The minimum atomic E-state index is 0.0158. The lowest BCUT2D eigenvalue weighted by molar-refractivity contribution is -0.116. The van der Waals surface area contributed by atoms with Crippen molar-refractivity contribution < 1.29 is 4.79 Å². The van der Waals surface area contributed by atoms with Crippen LogP contribution in [0.25, 0.3) is 0 Å². The average Bonchev–Trinajstić information content (AvgIpc) is 2.36. The Hall–Kier alpha value is -1.86. The predicted molar refractivity (Wildman–Crippen MR) is 79.3 cm³/mol. The van der Waals surface area contributed by atoms with Crippen molar-refractivity contribution in [3.05, 3.63) is 29.8 Å². The molecule has 1 amide bonds. The highest BCUT2D eigenvalue weighted by Crippen LogP contribution is 2.23. The number of rotatable bonds is 6. The van der Waals surface area contributed by atoms with Gasteiger partial charge in [0.2, 0.25) is 5.91 Å². The van der Waals surface area contributed by atoms with Crippen molar-refractivity contribution in [1.29, 1.82) is 5.26 Å². The molecule has 4 heteroatoms. The van der Waals surface area contributed by atoms with Gasteiger partial charge in [-0.3, -0.25) is 4.79 Å². The second kappa shape index (κ2) is 7.06. The number of nitriles is 1. The lowest BCUT2D eigenvalue weighted by atomic mass is 9.92. The van der Waals surface area contributed by atoms with Crippen LogP contribution in [-0.4, -0.2) is 30.4 Å². The first-order chi connectivity index (χ1) is 9.69. The molecule has 0 spiro atoms. The first-order valence-corrected chi connectivity index (χ1v) is 7.19. The van der Waals surface area contributed by atoms with E-state index < -0.39 is 0 Å². The van der Waals surface area contributed by atoms with Crippen LogP contribution in [0.15, 0.2) is 24.3 Å². The summed E-state index contributed by atoms with van der Waals surface area (Å²) in [7, 11) is 2.14. The van der Waals surface area contributed by atoms with Crippen LogP contribution >= 0.6 is 0 Å². The van der Waals surface area contributed by atoms with Gasteiger partial charge >= 0.3 is 0 Å². The van der Waals surface area contributed by atoms with Crippen LogP contribution in [0, 0.1) is 11.3 Å². The van der Waals surface area contributed by atoms with Crippen molar-refractivity contribution in [2.24, 2.45) is 0 Å². The van der Waals surface area contributed by atoms with Crippen LogP contribution in [0.1, 0.15) is 37.7 Å². The van der Waals surface area contributed by atoms with E-state index in [9.17, 15) is 4.79 Å². The van der Waals surface area contributed by atoms with E-state index in [0.29, 0.717) is 17.7 Å². The van der Waals surface area contributed by atoms with Gasteiger partial charge in [0.05, 0.1) is 11.6 Å². The molecule has 2 rings (SSSR count). The summed E-state index contributed by atoms with van der Waals surface area (Å²) < 4.78 is 0. The van der Waals surface area contributed by atoms with Gasteiger partial charge in [-0.1, -0.05) is 12.5 Å². The monoisotopic (exact) mass is 271 g/mol. The molecule has 0 bridgehead atoms. The predicted octanol–water partition coefficient (Wildman–Crippen LogP) is 2.76. The number of hydrogen-bond donors (Lipinski definition) is 1. The van der Waals surface area contributed by atoms with E-state index in [2.05, 4.69) is 23.3 Å². The normalized spacial score (nSPS) is 14.7. The third kappa shape index (κ3) is 4.07.